The maximum atomic E-state index is 4.60. The van der Waals surface area contributed by atoms with Crippen molar-refractivity contribution in [1.82, 2.24) is 19.3 Å². The van der Waals surface area contributed by atoms with Gasteiger partial charge in [-0.2, -0.15) is 5.10 Å². The van der Waals surface area contributed by atoms with Gasteiger partial charge in [-0.15, -0.1) is 0 Å². The molecule has 0 radical (unpaired) electrons. The first-order valence-corrected chi connectivity index (χ1v) is 7.09. The van der Waals surface area contributed by atoms with Crippen LogP contribution in [-0.4, -0.2) is 25.4 Å². The van der Waals surface area contributed by atoms with Crippen molar-refractivity contribution in [3.05, 3.63) is 30.4 Å². The summed E-state index contributed by atoms with van der Waals surface area (Å²) < 4.78 is 4.16. The molecule has 2 aromatic rings. The molecule has 0 aromatic carbocycles. The third kappa shape index (κ3) is 2.97. The van der Waals surface area contributed by atoms with E-state index >= 15 is 0 Å². The van der Waals surface area contributed by atoms with Crippen LogP contribution in [0.1, 0.15) is 31.4 Å². The zero-order chi connectivity index (χ0) is 13.1. The molecule has 0 amide bonds. The van der Waals surface area contributed by atoms with E-state index in [1.165, 1.54) is 25.7 Å². The summed E-state index contributed by atoms with van der Waals surface area (Å²) in [6.07, 6.45) is 11.1. The first-order chi connectivity index (χ1) is 9.31. The van der Waals surface area contributed by atoms with E-state index < -0.39 is 0 Å². The molecule has 1 aliphatic carbocycles. The Bertz CT molecular complexity index is 508. The van der Waals surface area contributed by atoms with Gasteiger partial charge in [0.15, 0.2) is 0 Å². The molecule has 3 rings (SSSR count). The Hall–Kier alpha value is -1.78. The topological polar surface area (TPSA) is 47.7 Å². The lowest BCUT2D eigenvalue weighted by Crippen LogP contribution is -2.19. The van der Waals surface area contributed by atoms with Crippen molar-refractivity contribution in [2.75, 3.05) is 5.32 Å². The smallest absolute Gasteiger partial charge is 0.203 e. The van der Waals surface area contributed by atoms with Gasteiger partial charge in [0.05, 0.1) is 12.2 Å². The van der Waals surface area contributed by atoms with Crippen LogP contribution in [-0.2, 0) is 13.1 Å². The fourth-order valence-electron chi connectivity index (χ4n) is 2.73. The monoisotopic (exact) mass is 259 g/mol. The summed E-state index contributed by atoms with van der Waals surface area (Å²) in [5.74, 6) is 1.01. The Kier molecular flexibility index (Phi) is 3.53. The first-order valence-electron chi connectivity index (χ1n) is 7.09. The zero-order valence-electron chi connectivity index (χ0n) is 11.4. The molecule has 5 heteroatoms. The maximum Gasteiger partial charge on any atom is 0.203 e. The SMILES string of the molecule is Cc1cn(CCn2cccn2)c(NC2CCCC2)n1. The van der Waals surface area contributed by atoms with Crippen molar-refractivity contribution in [3.63, 3.8) is 0 Å². The second kappa shape index (κ2) is 5.47. The van der Waals surface area contributed by atoms with Crippen LogP contribution in [0.15, 0.2) is 24.7 Å². The van der Waals surface area contributed by atoms with Crippen LogP contribution >= 0.6 is 0 Å². The van der Waals surface area contributed by atoms with Crippen molar-refractivity contribution in [2.24, 2.45) is 0 Å². The number of rotatable bonds is 5. The lowest BCUT2D eigenvalue weighted by Gasteiger charge is -2.14. The van der Waals surface area contributed by atoms with Gasteiger partial charge < -0.3 is 9.88 Å². The van der Waals surface area contributed by atoms with E-state index in [2.05, 4.69) is 26.2 Å². The first kappa shape index (κ1) is 12.3. The van der Waals surface area contributed by atoms with Gasteiger partial charge in [0, 0.05) is 31.2 Å². The van der Waals surface area contributed by atoms with Crippen molar-refractivity contribution in [2.45, 2.75) is 51.7 Å². The van der Waals surface area contributed by atoms with Gasteiger partial charge in [-0.1, -0.05) is 12.8 Å². The third-order valence-corrected chi connectivity index (χ3v) is 3.71. The normalized spacial score (nSPS) is 16.1. The lowest BCUT2D eigenvalue weighted by molar-refractivity contribution is 0.533. The Balaban J connectivity index is 1.66. The van der Waals surface area contributed by atoms with E-state index in [9.17, 15) is 0 Å². The Labute approximate surface area is 113 Å². The van der Waals surface area contributed by atoms with E-state index in [0.29, 0.717) is 6.04 Å². The van der Waals surface area contributed by atoms with Gasteiger partial charge in [0.25, 0.3) is 0 Å². The summed E-state index contributed by atoms with van der Waals surface area (Å²) in [6.45, 7) is 3.82. The molecule has 0 aliphatic heterocycles. The molecule has 0 atom stereocenters. The molecule has 0 unspecified atom stereocenters. The minimum absolute atomic E-state index is 0.602. The molecule has 1 fully saturated rings. The van der Waals surface area contributed by atoms with Gasteiger partial charge >= 0.3 is 0 Å². The van der Waals surface area contributed by atoms with Crippen LogP contribution in [0, 0.1) is 6.92 Å². The molecule has 102 valence electrons. The van der Waals surface area contributed by atoms with Crippen molar-refractivity contribution in [1.29, 1.82) is 0 Å². The van der Waals surface area contributed by atoms with Gasteiger partial charge in [-0.25, -0.2) is 4.98 Å². The number of aryl methyl sites for hydroxylation is 3. The number of imidazole rings is 1. The molecular formula is C14H21N5. The summed E-state index contributed by atoms with van der Waals surface area (Å²) in [6, 6.07) is 2.56. The Morgan fingerprint density at radius 1 is 1.32 bits per heavy atom. The van der Waals surface area contributed by atoms with Crippen LogP contribution < -0.4 is 5.32 Å². The van der Waals surface area contributed by atoms with Gasteiger partial charge in [-0.3, -0.25) is 4.68 Å². The molecule has 1 N–H and O–H groups in total. The summed E-state index contributed by atoms with van der Waals surface area (Å²) in [4.78, 5) is 4.60. The number of aromatic nitrogens is 4. The van der Waals surface area contributed by atoms with Crippen LogP contribution in [0.2, 0.25) is 0 Å². The minimum atomic E-state index is 0.602. The molecule has 2 aromatic heterocycles. The molecule has 1 aliphatic rings. The molecular weight excluding hydrogens is 238 g/mol. The van der Waals surface area contributed by atoms with E-state index in [-0.39, 0.29) is 0 Å². The quantitative estimate of drug-likeness (QED) is 0.897. The van der Waals surface area contributed by atoms with E-state index in [1.807, 2.05) is 30.1 Å². The highest BCUT2D eigenvalue weighted by atomic mass is 15.3. The third-order valence-electron chi connectivity index (χ3n) is 3.71. The lowest BCUT2D eigenvalue weighted by atomic mass is 10.2. The second-order valence-electron chi connectivity index (χ2n) is 5.29. The number of anilines is 1. The van der Waals surface area contributed by atoms with Gasteiger partial charge in [0.1, 0.15) is 0 Å². The molecule has 0 saturated heterocycles. The summed E-state index contributed by atoms with van der Waals surface area (Å²) in [5, 5.41) is 7.82. The van der Waals surface area contributed by atoms with Gasteiger partial charge in [0.2, 0.25) is 5.95 Å². The van der Waals surface area contributed by atoms with Gasteiger partial charge in [-0.05, 0) is 25.8 Å². The van der Waals surface area contributed by atoms with E-state index in [4.69, 9.17) is 0 Å². The summed E-state index contributed by atoms with van der Waals surface area (Å²) in [5.41, 5.74) is 1.07. The second-order valence-corrected chi connectivity index (χ2v) is 5.29. The predicted molar refractivity (Wildman–Crippen MR) is 75.1 cm³/mol. The molecule has 0 bridgehead atoms. The highest BCUT2D eigenvalue weighted by Gasteiger charge is 2.17. The zero-order valence-corrected chi connectivity index (χ0v) is 11.4. The largest absolute Gasteiger partial charge is 0.353 e. The number of hydrogen-bond donors (Lipinski definition) is 1. The van der Waals surface area contributed by atoms with E-state index in [0.717, 1.165) is 24.7 Å². The molecule has 2 heterocycles. The van der Waals surface area contributed by atoms with Crippen molar-refractivity contribution in [3.8, 4) is 0 Å². The van der Waals surface area contributed by atoms with Crippen LogP contribution in [0.4, 0.5) is 5.95 Å². The van der Waals surface area contributed by atoms with Crippen LogP contribution in [0.25, 0.3) is 0 Å². The number of hydrogen-bond acceptors (Lipinski definition) is 3. The Morgan fingerprint density at radius 3 is 2.89 bits per heavy atom. The molecule has 5 nitrogen and oxygen atoms in total. The number of nitrogens with one attached hydrogen (secondary N) is 1. The van der Waals surface area contributed by atoms with Crippen LogP contribution in [0.5, 0.6) is 0 Å². The minimum Gasteiger partial charge on any atom is -0.353 e. The average Bonchev–Trinajstić information content (AvgIpc) is 3.10. The highest BCUT2D eigenvalue weighted by molar-refractivity contribution is 5.30. The van der Waals surface area contributed by atoms with Crippen molar-refractivity contribution < 1.29 is 0 Å². The van der Waals surface area contributed by atoms with Crippen LogP contribution in [0.3, 0.4) is 0 Å². The summed E-state index contributed by atoms with van der Waals surface area (Å²) >= 11 is 0. The fourth-order valence-corrected chi connectivity index (χ4v) is 2.73. The average molecular weight is 259 g/mol. The standard InChI is InChI=1S/C14H21N5/c1-12-11-18(9-10-19-8-4-7-15-19)14(16-12)17-13-5-2-3-6-13/h4,7-8,11,13H,2-3,5-6,9-10H2,1H3,(H,16,17). The fraction of sp³-hybridized carbons (Fsp3) is 0.571. The Morgan fingerprint density at radius 2 is 2.16 bits per heavy atom. The highest BCUT2D eigenvalue weighted by Crippen LogP contribution is 2.22. The van der Waals surface area contributed by atoms with E-state index in [1.54, 1.807) is 0 Å². The molecule has 19 heavy (non-hydrogen) atoms. The maximum absolute atomic E-state index is 4.60. The predicted octanol–water partition coefficient (Wildman–Crippen LogP) is 2.44. The number of nitrogens with zero attached hydrogens (tertiary/aromatic N) is 4. The molecule has 0 spiro atoms. The molecule has 1 saturated carbocycles. The summed E-state index contributed by atoms with van der Waals surface area (Å²) in [7, 11) is 0. The van der Waals surface area contributed by atoms with Crippen molar-refractivity contribution >= 4 is 5.95 Å².